The lowest BCUT2D eigenvalue weighted by atomic mass is 10.2. The van der Waals surface area contributed by atoms with Crippen molar-refractivity contribution >= 4 is 17.1 Å². The van der Waals surface area contributed by atoms with Crippen LogP contribution < -0.4 is 5.32 Å². The van der Waals surface area contributed by atoms with Crippen LogP contribution in [0.2, 0.25) is 0 Å². The summed E-state index contributed by atoms with van der Waals surface area (Å²) in [5, 5.41) is 2.93. The summed E-state index contributed by atoms with van der Waals surface area (Å²) in [6.45, 7) is 1.17. The van der Waals surface area contributed by atoms with Crippen LogP contribution in [0, 0.1) is 0 Å². The van der Waals surface area contributed by atoms with Crippen LogP contribution in [0.3, 0.4) is 0 Å². The number of carbonyl (C=O) groups excluding carboxylic acids is 1. The van der Waals surface area contributed by atoms with Crippen molar-refractivity contribution < 1.29 is 4.79 Å². The van der Waals surface area contributed by atoms with Gasteiger partial charge in [-0.2, -0.15) is 0 Å². The first-order valence-electron chi connectivity index (χ1n) is 9.80. The van der Waals surface area contributed by atoms with Gasteiger partial charge in [0, 0.05) is 25.2 Å². The van der Waals surface area contributed by atoms with E-state index in [2.05, 4.69) is 32.0 Å². The van der Waals surface area contributed by atoms with Gasteiger partial charge in [0.25, 0.3) is 0 Å². The molecular formula is C23H23N5O. The highest BCUT2D eigenvalue weighted by Crippen LogP contribution is 2.17. The molecule has 0 unspecified atom stereocenters. The zero-order valence-electron chi connectivity index (χ0n) is 16.2. The van der Waals surface area contributed by atoms with Crippen molar-refractivity contribution in [2.75, 3.05) is 0 Å². The minimum Gasteiger partial charge on any atom is -0.350 e. The second kappa shape index (κ2) is 9.10. The summed E-state index contributed by atoms with van der Waals surface area (Å²) in [6.07, 6.45) is 5.42. The van der Waals surface area contributed by atoms with Crippen molar-refractivity contribution in [3.63, 3.8) is 0 Å². The van der Waals surface area contributed by atoms with Crippen LogP contribution >= 0.6 is 0 Å². The van der Waals surface area contributed by atoms with Gasteiger partial charge in [-0.05, 0) is 36.2 Å². The van der Waals surface area contributed by atoms with Gasteiger partial charge >= 0.3 is 0 Å². The molecule has 3 aromatic heterocycles. The molecule has 0 atom stereocenters. The standard InChI is InChI=1S/C23H23N5O/c29-22(26-16-19-10-4-5-14-24-19)13-6-12-21-27-20-11-7-15-25-23(20)28(21)17-18-8-2-1-3-9-18/h1-5,7-11,14-15H,6,12-13,16-17H2,(H,26,29). The zero-order valence-corrected chi connectivity index (χ0v) is 16.2. The van der Waals surface area contributed by atoms with E-state index >= 15 is 0 Å². The molecule has 4 aromatic rings. The lowest BCUT2D eigenvalue weighted by molar-refractivity contribution is -0.121. The van der Waals surface area contributed by atoms with Crippen LogP contribution in [0.1, 0.15) is 29.9 Å². The zero-order chi connectivity index (χ0) is 19.9. The number of nitrogens with zero attached hydrogens (tertiary/aromatic N) is 4. The van der Waals surface area contributed by atoms with Crippen LogP contribution in [0.4, 0.5) is 0 Å². The van der Waals surface area contributed by atoms with Gasteiger partial charge in [-0.15, -0.1) is 0 Å². The number of amides is 1. The van der Waals surface area contributed by atoms with Gasteiger partial charge in [-0.25, -0.2) is 9.97 Å². The number of aromatic nitrogens is 4. The van der Waals surface area contributed by atoms with Crippen molar-refractivity contribution in [2.24, 2.45) is 0 Å². The smallest absolute Gasteiger partial charge is 0.220 e. The van der Waals surface area contributed by atoms with Gasteiger partial charge in [0.2, 0.25) is 5.91 Å². The third-order valence-corrected chi connectivity index (χ3v) is 4.76. The van der Waals surface area contributed by atoms with Crippen LogP contribution in [0.15, 0.2) is 73.1 Å². The van der Waals surface area contributed by atoms with Gasteiger partial charge in [-0.3, -0.25) is 9.78 Å². The van der Waals surface area contributed by atoms with E-state index in [1.54, 1.807) is 12.4 Å². The van der Waals surface area contributed by atoms with Crippen molar-refractivity contribution in [1.29, 1.82) is 0 Å². The lowest BCUT2D eigenvalue weighted by Crippen LogP contribution is -2.23. The first-order chi connectivity index (χ1) is 14.3. The molecule has 3 heterocycles. The molecule has 0 saturated heterocycles. The van der Waals surface area contributed by atoms with E-state index in [4.69, 9.17) is 4.98 Å². The molecule has 4 rings (SSSR count). The van der Waals surface area contributed by atoms with Crippen LogP contribution in [-0.2, 0) is 24.3 Å². The number of hydrogen-bond donors (Lipinski definition) is 1. The highest BCUT2D eigenvalue weighted by molar-refractivity contribution is 5.75. The Kier molecular flexibility index (Phi) is 5.90. The number of aryl methyl sites for hydroxylation is 1. The number of nitrogens with one attached hydrogen (secondary N) is 1. The Hall–Kier alpha value is -3.54. The van der Waals surface area contributed by atoms with Gasteiger partial charge in [-0.1, -0.05) is 36.4 Å². The summed E-state index contributed by atoms with van der Waals surface area (Å²) in [5.74, 6) is 0.986. The number of pyridine rings is 2. The van der Waals surface area contributed by atoms with Gasteiger partial charge in [0.05, 0.1) is 18.8 Å². The third-order valence-electron chi connectivity index (χ3n) is 4.76. The molecule has 1 amide bonds. The number of rotatable bonds is 8. The monoisotopic (exact) mass is 385 g/mol. The van der Waals surface area contributed by atoms with Gasteiger partial charge in [0.15, 0.2) is 5.65 Å². The fourth-order valence-electron chi connectivity index (χ4n) is 3.32. The van der Waals surface area contributed by atoms with E-state index in [0.717, 1.165) is 42.1 Å². The molecule has 6 nitrogen and oxygen atoms in total. The highest BCUT2D eigenvalue weighted by Gasteiger charge is 2.12. The summed E-state index contributed by atoms with van der Waals surface area (Å²) in [6, 6.07) is 19.8. The molecular weight excluding hydrogens is 362 g/mol. The van der Waals surface area contributed by atoms with E-state index in [9.17, 15) is 4.79 Å². The Morgan fingerprint density at radius 3 is 2.59 bits per heavy atom. The minimum absolute atomic E-state index is 0.0273. The van der Waals surface area contributed by atoms with Crippen LogP contribution in [0.25, 0.3) is 11.2 Å². The first kappa shape index (κ1) is 18.8. The van der Waals surface area contributed by atoms with E-state index in [1.165, 1.54) is 5.56 Å². The Morgan fingerprint density at radius 2 is 1.76 bits per heavy atom. The molecule has 6 heteroatoms. The average Bonchev–Trinajstić information content (AvgIpc) is 3.11. The molecule has 0 radical (unpaired) electrons. The maximum Gasteiger partial charge on any atom is 0.220 e. The normalized spacial score (nSPS) is 10.9. The molecule has 0 spiro atoms. The second-order valence-electron chi connectivity index (χ2n) is 6.90. The Morgan fingerprint density at radius 1 is 0.931 bits per heavy atom. The average molecular weight is 385 g/mol. The molecule has 29 heavy (non-hydrogen) atoms. The Bertz CT molecular complexity index is 1080. The van der Waals surface area contributed by atoms with E-state index in [-0.39, 0.29) is 5.91 Å². The predicted octanol–water partition coefficient (Wildman–Crippen LogP) is 3.51. The molecule has 146 valence electrons. The summed E-state index contributed by atoms with van der Waals surface area (Å²) in [5.41, 5.74) is 3.83. The topological polar surface area (TPSA) is 72.7 Å². The molecule has 0 saturated carbocycles. The summed E-state index contributed by atoms with van der Waals surface area (Å²) in [4.78, 5) is 25.7. The Balaban J connectivity index is 1.39. The number of fused-ring (bicyclic) bond motifs is 1. The maximum atomic E-state index is 12.2. The second-order valence-corrected chi connectivity index (χ2v) is 6.90. The Labute approximate surface area is 169 Å². The minimum atomic E-state index is 0.0273. The van der Waals surface area contributed by atoms with Crippen molar-refractivity contribution in [3.05, 3.63) is 90.1 Å². The van der Waals surface area contributed by atoms with Gasteiger partial charge < -0.3 is 9.88 Å². The first-order valence-corrected chi connectivity index (χ1v) is 9.80. The highest BCUT2D eigenvalue weighted by atomic mass is 16.1. The van der Waals surface area contributed by atoms with Gasteiger partial charge in [0.1, 0.15) is 11.3 Å². The van der Waals surface area contributed by atoms with Crippen molar-refractivity contribution in [2.45, 2.75) is 32.4 Å². The SMILES string of the molecule is O=C(CCCc1nc2cccnc2n1Cc1ccccc1)NCc1ccccn1. The molecule has 0 bridgehead atoms. The predicted molar refractivity (Wildman–Crippen MR) is 112 cm³/mol. The van der Waals surface area contributed by atoms with Crippen molar-refractivity contribution in [3.8, 4) is 0 Å². The fraction of sp³-hybridized carbons (Fsp3) is 0.217. The maximum absolute atomic E-state index is 12.2. The summed E-state index contributed by atoms with van der Waals surface area (Å²) < 4.78 is 2.15. The molecule has 1 N–H and O–H groups in total. The van der Waals surface area contributed by atoms with Crippen LogP contribution in [0.5, 0.6) is 0 Å². The van der Waals surface area contributed by atoms with E-state index in [1.807, 2.05) is 48.5 Å². The third kappa shape index (κ3) is 4.85. The lowest BCUT2D eigenvalue weighted by Gasteiger charge is -2.09. The number of benzene rings is 1. The number of imidazole rings is 1. The molecule has 0 aliphatic carbocycles. The number of carbonyl (C=O) groups is 1. The number of hydrogen-bond acceptors (Lipinski definition) is 4. The molecule has 0 fully saturated rings. The van der Waals surface area contributed by atoms with E-state index in [0.29, 0.717) is 13.0 Å². The molecule has 0 aliphatic heterocycles. The largest absolute Gasteiger partial charge is 0.350 e. The van der Waals surface area contributed by atoms with Crippen LogP contribution in [-0.4, -0.2) is 25.4 Å². The summed E-state index contributed by atoms with van der Waals surface area (Å²) >= 11 is 0. The molecule has 1 aromatic carbocycles. The van der Waals surface area contributed by atoms with Crippen molar-refractivity contribution in [1.82, 2.24) is 24.8 Å². The quantitative estimate of drug-likeness (QED) is 0.504. The fourth-order valence-corrected chi connectivity index (χ4v) is 3.32. The molecule has 0 aliphatic rings. The van der Waals surface area contributed by atoms with E-state index < -0.39 is 0 Å². The summed E-state index contributed by atoms with van der Waals surface area (Å²) in [7, 11) is 0.